The number of hydrazine groups is 1. The van der Waals surface area contributed by atoms with Gasteiger partial charge in [0.25, 0.3) is 11.8 Å². The number of ether oxygens (including phenoxy) is 1. The summed E-state index contributed by atoms with van der Waals surface area (Å²) < 4.78 is 5.17. The molecule has 1 aliphatic carbocycles. The van der Waals surface area contributed by atoms with Gasteiger partial charge in [0.1, 0.15) is 6.04 Å². The SMILES string of the molecule is O=C(COC(=O)[C@@H](Cc1ccccc1)N1C(=O)[C@H]2CC=CC[C@H]2C1=O)NNC(=O)c1ccccc1Cl. The number of likely N-dealkylation sites (tertiary alicyclic amines) is 1. The first-order chi connectivity index (χ1) is 17.4. The van der Waals surface area contributed by atoms with Gasteiger partial charge in [-0.3, -0.25) is 34.9 Å². The van der Waals surface area contributed by atoms with Crippen LogP contribution in [-0.4, -0.2) is 47.1 Å². The van der Waals surface area contributed by atoms with Gasteiger partial charge in [0, 0.05) is 6.42 Å². The van der Waals surface area contributed by atoms with Crippen LogP contribution < -0.4 is 10.9 Å². The van der Waals surface area contributed by atoms with Crippen molar-refractivity contribution in [1.82, 2.24) is 15.8 Å². The maximum atomic E-state index is 13.1. The van der Waals surface area contributed by atoms with Crippen molar-refractivity contribution >= 4 is 41.2 Å². The zero-order valence-electron chi connectivity index (χ0n) is 19.2. The number of carbonyl (C=O) groups is 5. The van der Waals surface area contributed by atoms with Gasteiger partial charge in [-0.2, -0.15) is 0 Å². The smallest absolute Gasteiger partial charge is 0.330 e. The molecule has 0 saturated carbocycles. The summed E-state index contributed by atoms with van der Waals surface area (Å²) >= 11 is 5.96. The quantitative estimate of drug-likeness (QED) is 0.255. The Bertz CT molecular complexity index is 1190. The van der Waals surface area contributed by atoms with Crippen LogP contribution in [0.2, 0.25) is 5.02 Å². The number of carbonyl (C=O) groups excluding carboxylic acids is 5. The Morgan fingerprint density at radius 3 is 2.17 bits per heavy atom. The molecule has 0 unspecified atom stereocenters. The lowest BCUT2D eigenvalue weighted by Gasteiger charge is -2.25. The topological polar surface area (TPSA) is 122 Å². The fourth-order valence-electron chi connectivity index (χ4n) is 4.36. The molecule has 1 saturated heterocycles. The predicted octanol–water partition coefficient (Wildman–Crippen LogP) is 2.21. The Balaban J connectivity index is 1.41. The molecule has 9 nitrogen and oxygen atoms in total. The number of nitrogens with zero attached hydrogens (tertiary/aromatic N) is 1. The van der Waals surface area contributed by atoms with Crippen LogP contribution in [0.4, 0.5) is 0 Å². The molecule has 1 heterocycles. The van der Waals surface area contributed by atoms with E-state index < -0.39 is 54.1 Å². The summed E-state index contributed by atoms with van der Waals surface area (Å²) in [4.78, 5) is 64.6. The Morgan fingerprint density at radius 2 is 1.53 bits per heavy atom. The third kappa shape index (κ3) is 5.46. The van der Waals surface area contributed by atoms with Crippen LogP contribution in [0.5, 0.6) is 0 Å². The Hall–Kier alpha value is -3.98. The summed E-state index contributed by atoms with van der Waals surface area (Å²) in [5.74, 6) is -4.17. The zero-order valence-corrected chi connectivity index (χ0v) is 19.9. The van der Waals surface area contributed by atoms with E-state index in [4.69, 9.17) is 16.3 Å². The third-order valence-corrected chi connectivity index (χ3v) is 6.51. The van der Waals surface area contributed by atoms with Gasteiger partial charge >= 0.3 is 5.97 Å². The van der Waals surface area contributed by atoms with Gasteiger partial charge in [-0.25, -0.2) is 4.79 Å². The van der Waals surface area contributed by atoms with Gasteiger partial charge in [-0.05, 0) is 30.5 Å². The van der Waals surface area contributed by atoms with E-state index in [1.54, 1.807) is 36.4 Å². The van der Waals surface area contributed by atoms with Gasteiger partial charge in [0.2, 0.25) is 11.8 Å². The van der Waals surface area contributed by atoms with Crippen molar-refractivity contribution in [2.24, 2.45) is 11.8 Å². The second-order valence-corrected chi connectivity index (χ2v) is 8.90. The number of hydrogen-bond donors (Lipinski definition) is 2. The van der Waals surface area contributed by atoms with Crippen molar-refractivity contribution in [2.45, 2.75) is 25.3 Å². The first kappa shape index (κ1) is 25.1. The molecule has 0 radical (unpaired) electrons. The number of imide groups is 1. The molecule has 4 rings (SSSR count). The molecule has 0 aromatic heterocycles. The molecule has 10 heteroatoms. The summed E-state index contributed by atoms with van der Waals surface area (Å²) in [6, 6.07) is 14.0. The van der Waals surface area contributed by atoms with Crippen LogP contribution in [0.25, 0.3) is 0 Å². The van der Waals surface area contributed by atoms with Gasteiger partial charge < -0.3 is 4.74 Å². The maximum absolute atomic E-state index is 13.1. The van der Waals surface area contributed by atoms with E-state index in [2.05, 4.69) is 10.9 Å². The average molecular weight is 510 g/mol. The van der Waals surface area contributed by atoms with Crippen molar-refractivity contribution in [3.8, 4) is 0 Å². The van der Waals surface area contributed by atoms with Crippen molar-refractivity contribution in [3.05, 3.63) is 82.9 Å². The molecule has 0 spiro atoms. The summed E-state index contributed by atoms with van der Waals surface area (Å²) in [6.45, 7) is -0.725. The van der Waals surface area contributed by atoms with Crippen LogP contribution in [0.3, 0.4) is 0 Å². The van der Waals surface area contributed by atoms with E-state index in [0.717, 1.165) is 10.5 Å². The third-order valence-electron chi connectivity index (χ3n) is 6.18. The number of nitrogens with one attached hydrogen (secondary N) is 2. The minimum Gasteiger partial charge on any atom is -0.454 e. The van der Waals surface area contributed by atoms with Crippen LogP contribution in [0.15, 0.2) is 66.7 Å². The number of rotatable bonds is 7. The van der Waals surface area contributed by atoms with E-state index in [1.165, 1.54) is 12.1 Å². The number of allylic oxidation sites excluding steroid dienone is 2. The van der Waals surface area contributed by atoms with Crippen LogP contribution in [-0.2, 0) is 30.3 Å². The summed E-state index contributed by atoms with van der Waals surface area (Å²) in [6.07, 6.45) is 4.65. The van der Waals surface area contributed by atoms with Gasteiger partial charge in [0.15, 0.2) is 6.61 Å². The number of benzene rings is 2. The number of halogens is 1. The maximum Gasteiger partial charge on any atom is 0.330 e. The van der Waals surface area contributed by atoms with Crippen molar-refractivity contribution in [3.63, 3.8) is 0 Å². The van der Waals surface area contributed by atoms with E-state index in [0.29, 0.717) is 12.8 Å². The Morgan fingerprint density at radius 1 is 0.917 bits per heavy atom. The Labute approximate surface area is 212 Å². The van der Waals surface area contributed by atoms with Crippen LogP contribution in [0.1, 0.15) is 28.8 Å². The van der Waals surface area contributed by atoms with Crippen LogP contribution >= 0.6 is 11.6 Å². The van der Waals surface area contributed by atoms with E-state index in [1.807, 2.05) is 18.2 Å². The molecule has 0 bridgehead atoms. The highest BCUT2D eigenvalue weighted by atomic mass is 35.5. The predicted molar refractivity (Wildman–Crippen MR) is 129 cm³/mol. The second kappa shape index (κ2) is 11.2. The first-order valence-electron chi connectivity index (χ1n) is 11.4. The number of esters is 1. The summed E-state index contributed by atoms with van der Waals surface area (Å²) in [7, 11) is 0. The fraction of sp³-hybridized carbons (Fsp3) is 0.269. The molecule has 1 fully saturated rings. The van der Waals surface area contributed by atoms with Gasteiger partial charge in [-0.15, -0.1) is 0 Å². The lowest BCUT2D eigenvalue weighted by molar-refractivity contribution is -0.160. The molecule has 4 amide bonds. The lowest BCUT2D eigenvalue weighted by Crippen LogP contribution is -2.49. The van der Waals surface area contributed by atoms with Crippen molar-refractivity contribution < 1.29 is 28.7 Å². The number of amides is 4. The summed E-state index contributed by atoms with van der Waals surface area (Å²) in [5, 5.41) is 0.204. The minimum atomic E-state index is -1.22. The van der Waals surface area contributed by atoms with Crippen molar-refractivity contribution in [1.29, 1.82) is 0 Å². The second-order valence-electron chi connectivity index (χ2n) is 8.50. The molecule has 2 N–H and O–H groups in total. The monoisotopic (exact) mass is 509 g/mol. The molecule has 2 aromatic carbocycles. The van der Waals surface area contributed by atoms with Gasteiger partial charge in [-0.1, -0.05) is 66.2 Å². The minimum absolute atomic E-state index is 0.0505. The zero-order chi connectivity index (χ0) is 25.7. The highest BCUT2D eigenvalue weighted by Crippen LogP contribution is 2.36. The largest absolute Gasteiger partial charge is 0.454 e. The van der Waals surface area contributed by atoms with Gasteiger partial charge in [0.05, 0.1) is 22.4 Å². The number of fused-ring (bicyclic) bond motifs is 1. The van der Waals surface area contributed by atoms with Crippen molar-refractivity contribution in [2.75, 3.05) is 6.61 Å². The number of hydrogen-bond acceptors (Lipinski definition) is 6. The Kier molecular flexibility index (Phi) is 7.80. The molecule has 2 aliphatic rings. The molecule has 186 valence electrons. The van der Waals surface area contributed by atoms with E-state index in [-0.39, 0.29) is 17.0 Å². The first-order valence-corrected chi connectivity index (χ1v) is 11.8. The fourth-order valence-corrected chi connectivity index (χ4v) is 4.58. The summed E-state index contributed by atoms with van der Waals surface area (Å²) in [5.41, 5.74) is 5.23. The highest BCUT2D eigenvalue weighted by molar-refractivity contribution is 6.33. The average Bonchev–Trinajstić information content (AvgIpc) is 3.15. The molecule has 3 atom stereocenters. The molecule has 36 heavy (non-hydrogen) atoms. The normalized spacial score (nSPS) is 19.4. The molecular formula is C26H24ClN3O6. The van der Waals surface area contributed by atoms with Crippen LogP contribution in [0, 0.1) is 11.8 Å². The molecular weight excluding hydrogens is 486 g/mol. The molecule has 1 aliphatic heterocycles. The standard InChI is InChI=1S/C26H24ClN3O6/c27-20-13-7-6-12-19(20)23(32)29-28-22(31)15-36-26(35)21(14-16-8-2-1-3-9-16)30-24(33)17-10-4-5-11-18(17)25(30)34/h1-9,12-13,17-18,21H,10-11,14-15H2,(H,28,31)(H,29,32)/t17-,18+,21-/m1/s1. The molecule has 2 aromatic rings. The highest BCUT2D eigenvalue weighted by Gasteiger charge is 2.51. The van der Waals surface area contributed by atoms with E-state index in [9.17, 15) is 24.0 Å². The lowest BCUT2D eigenvalue weighted by atomic mass is 9.85. The van der Waals surface area contributed by atoms with E-state index >= 15 is 0 Å².